The van der Waals surface area contributed by atoms with E-state index in [1.165, 1.54) is 0 Å². The number of likely N-dealkylation sites (tertiary alicyclic amines) is 2. The van der Waals surface area contributed by atoms with Crippen molar-refractivity contribution in [1.29, 1.82) is 0 Å². The van der Waals surface area contributed by atoms with Crippen molar-refractivity contribution in [3.63, 3.8) is 0 Å². The molecule has 2 amide bonds. The van der Waals surface area contributed by atoms with Crippen LogP contribution >= 0.6 is 11.8 Å². The first-order valence-electron chi connectivity index (χ1n) is 8.10. The standard InChI is InChI=1S/C17H23N3O2S/c1-23-12-15(21)20-9-6-17(13-20)5-3-8-19(16(17)22)11-14-4-2-7-18-10-14/h2,4,7,10H,3,5-6,8-9,11-13H2,1H3/t17-/m1/s1. The maximum Gasteiger partial charge on any atom is 0.232 e. The lowest BCUT2D eigenvalue weighted by molar-refractivity contribution is -0.146. The molecule has 2 fully saturated rings. The minimum absolute atomic E-state index is 0.159. The van der Waals surface area contributed by atoms with Crippen LogP contribution < -0.4 is 0 Å². The van der Waals surface area contributed by atoms with Crippen LogP contribution in [-0.2, 0) is 16.1 Å². The Morgan fingerprint density at radius 2 is 2.26 bits per heavy atom. The second-order valence-electron chi connectivity index (χ2n) is 6.47. The molecule has 2 aliphatic heterocycles. The summed E-state index contributed by atoms with van der Waals surface area (Å²) < 4.78 is 0. The predicted octanol–water partition coefficient (Wildman–Crippen LogP) is 1.79. The van der Waals surface area contributed by atoms with Gasteiger partial charge < -0.3 is 9.80 Å². The normalized spacial score (nSPS) is 24.5. The molecule has 2 aliphatic rings. The van der Waals surface area contributed by atoms with Gasteiger partial charge in [-0.15, -0.1) is 0 Å². The number of rotatable bonds is 4. The number of aromatic nitrogens is 1. The van der Waals surface area contributed by atoms with E-state index in [4.69, 9.17) is 0 Å². The third-order valence-electron chi connectivity index (χ3n) is 4.89. The number of piperidine rings is 1. The van der Waals surface area contributed by atoms with Gasteiger partial charge in [0, 0.05) is 38.6 Å². The van der Waals surface area contributed by atoms with Crippen molar-refractivity contribution >= 4 is 23.6 Å². The molecule has 0 radical (unpaired) electrons. The Morgan fingerprint density at radius 3 is 3.00 bits per heavy atom. The van der Waals surface area contributed by atoms with Gasteiger partial charge in [-0.1, -0.05) is 6.07 Å². The SMILES string of the molecule is CSCC(=O)N1CC[C@]2(CCCN(Cc3cccnc3)C2=O)C1. The molecular formula is C17H23N3O2S. The van der Waals surface area contributed by atoms with Crippen LogP contribution in [0, 0.1) is 5.41 Å². The predicted molar refractivity (Wildman–Crippen MR) is 90.9 cm³/mol. The molecule has 0 aromatic carbocycles. The second-order valence-corrected chi connectivity index (χ2v) is 7.34. The van der Waals surface area contributed by atoms with Crippen LogP contribution in [0.2, 0.25) is 0 Å². The molecule has 2 saturated heterocycles. The molecule has 3 heterocycles. The number of hydrogen-bond donors (Lipinski definition) is 0. The summed E-state index contributed by atoms with van der Waals surface area (Å²) in [4.78, 5) is 33.1. The molecule has 0 bridgehead atoms. The van der Waals surface area contributed by atoms with E-state index in [-0.39, 0.29) is 17.2 Å². The van der Waals surface area contributed by atoms with Gasteiger partial charge >= 0.3 is 0 Å². The minimum Gasteiger partial charge on any atom is -0.341 e. The van der Waals surface area contributed by atoms with E-state index in [2.05, 4.69) is 4.98 Å². The Kier molecular flexibility index (Phi) is 4.90. The lowest BCUT2D eigenvalue weighted by Gasteiger charge is -2.39. The zero-order valence-corrected chi connectivity index (χ0v) is 14.3. The molecular weight excluding hydrogens is 310 g/mol. The summed E-state index contributed by atoms with van der Waals surface area (Å²) >= 11 is 1.54. The summed E-state index contributed by atoms with van der Waals surface area (Å²) in [6.45, 7) is 2.72. The number of pyridine rings is 1. The quantitative estimate of drug-likeness (QED) is 0.843. The van der Waals surface area contributed by atoms with Crippen LogP contribution in [0.1, 0.15) is 24.8 Å². The number of thioether (sulfide) groups is 1. The van der Waals surface area contributed by atoms with Gasteiger partial charge in [-0.3, -0.25) is 14.6 Å². The fourth-order valence-electron chi connectivity index (χ4n) is 3.69. The Balaban J connectivity index is 1.69. The first kappa shape index (κ1) is 16.3. The van der Waals surface area contributed by atoms with Gasteiger partial charge in [-0.25, -0.2) is 0 Å². The number of amides is 2. The van der Waals surface area contributed by atoms with Crippen molar-refractivity contribution in [3.05, 3.63) is 30.1 Å². The first-order valence-corrected chi connectivity index (χ1v) is 9.49. The van der Waals surface area contributed by atoms with E-state index < -0.39 is 0 Å². The van der Waals surface area contributed by atoms with E-state index in [0.29, 0.717) is 25.4 Å². The average Bonchev–Trinajstić information content (AvgIpc) is 2.99. The minimum atomic E-state index is -0.353. The lowest BCUT2D eigenvalue weighted by atomic mass is 9.78. The highest BCUT2D eigenvalue weighted by molar-refractivity contribution is 7.99. The Morgan fingerprint density at radius 1 is 1.39 bits per heavy atom. The van der Waals surface area contributed by atoms with Crippen molar-refractivity contribution in [2.45, 2.75) is 25.8 Å². The molecule has 1 aromatic heterocycles. The van der Waals surface area contributed by atoms with Gasteiger partial charge in [0.05, 0.1) is 11.2 Å². The van der Waals surface area contributed by atoms with E-state index in [9.17, 15) is 9.59 Å². The molecule has 6 heteroatoms. The summed E-state index contributed by atoms with van der Waals surface area (Å²) in [6.07, 6.45) is 8.21. The maximum atomic E-state index is 13.0. The molecule has 0 unspecified atom stereocenters. The third kappa shape index (κ3) is 3.37. The highest BCUT2D eigenvalue weighted by Crippen LogP contribution is 2.40. The lowest BCUT2D eigenvalue weighted by Crippen LogP contribution is -2.50. The third-order valence-corrected chi connectivity index (χ3v) is 5.43. The molecule has 0 aliphatic carbocycles. The zero-order chi connectivity index (χ0) is 16.3. The number of hydrogen-bond acceptors (Lipinski definition) is 4. The maximum absolute atomic E-state index is 13.0. The molecule has 0 N–H and O–H groups in total. The fraction of sp³-hybridized carbons (Fsp3) is 0.588. The van der Waals surface area contributed by atoms with Crippen LogP contribution in [0.5, 0.6) is 0 Å². The van der Waals surface area contributed by atoms with Gasteiger partial charge in [0.2, 0.25) is 11.8 Å². The largest absolute Gasteiger partial charge is 0.341 e. The molecule has 1 aromatic rings. The van der Waals surface area contributed by atoms with Gasteiger partial charge in [-0.05, 0) is 37.1 Å². The Bertz CT molecular complexity index is 580. The summed E-state index contributed by atoms with van der Waals surface area (Å²) in [5.41, 5.74) is 0.709. The molecule has 3 rings (SSSR count). The van der Waals surface area contributed by atoms with Crippen LogP contribution in [0.4, 0.5) is 0 Å². The zero-order valence-electron chi connectivity index (χ0n) is 13.5. The van der Waals surface area contributed by atoms with Crippen LogP contribution in [0.25, 0.3) is 0 Å². The van der Waals surface area contributed by atoms with Gasteiger partial charge in [0.1, 0.15) is 0 Å². The molecule has 1 atom stereocenters. The summed E-state index contributed by atoms with van der Waals surface area (Å²) in [5.74, 6) is 0.877. The van der Waals surface area contributed by atoms with E-state index in [1.807, 2.05) is 34.4 Å². The number of carbonyl (C=O) groups excluding carboxylic acids is 2. The summed E-state index contributed by atoms with van der Waals surface area (Å²) in [7, 11) is 0. The second kappa shape index (κ2) is 6.91. The monoisotopic (exact) mass is 333 g/mol. The molecule has 5 nitrogen and oxygen atoms in total. The van der Waals surface area contributed by atoms with E-state index >= 15 is 0 Å². The smallest absolute Gasteiger partial charge is 0.232 e. The number of nitrogens with zero attached hydrogens (tertiary/aromatic N) is 3. The highest BCUT2D eigenvalue weighted by atomic mass is 32.2. The van der Waals surface area contributed by atoms with Gasteiger partial charge in [-0.2, -0.15) is 11.8 Å². The summed E-state index contributed by atoms with van der Waals surface area (Å²) in [5, 5.41) is 0. The van der Waals surface area contributed by atoms with Crippen LogP contribution in [0.3, 0.4) is 0 Å². The molecule has 124 valence electrons. The van der Waals surface area contributed by atoms with Crippen molar-refractivity contribution < 1.29 is 9.59 Å². The molecule has 0 saturated carbocycles. The Labute approximate surface area is 141 Å². The number of carbonyl (C=O) groups is 2. The van der Waals surface area contributed by atoms with Gasteiger partial charge in [0.25, 0.3) is 0 Å². The highest BCUT2D eigenvalue weighted by Gasteiger charge is 2.49. The Hall–Kier alpha value is -1.56. The van der Waals surface area contributed by atoms with Crippen molar-refractivity contribution in [3.8, 4) is 0 Å². The fourth-order valence-corrected chi connectivity index (χ4v) is 4.12. The van der Waals surface area contributed by atoms with E-state index in [0.717, 1.165) is 31.4 Å². The first-order chi connectivity index (χ1) is 11.1. The van der Waals surface area contributed by atoms with Crippen molar-refractivity contribution in [2.75, 3.05) is 31.6 Å². The van der Waals surface area contributed by atoms with Crippen LogP contribution in [-0.4, -0.2) is 58.2 Å². The topological polar surface area (TPSA) is 53.5 Å². The van der Waals surface area contributed by atoms with Gasteiger partial charge in [0.15, 0.2) is 0 Å². The van der Waals surface area contributed by atoms with Crippen LogP contribution in [0.15, 0.2) is 24.5 Å². The van der Waals surface area contributed by atoms with Crippen molar-refractivity contribution in [1.82, 2.24) is 14.8 Å². The summed E-state index contributed by atoms with van der Waals surface area (Å²) in [6, 6.07) is 3.91. The molecule has 1 spiro atoms. The molecule has 23 heavy (non-hydrogen) atoms. The average molecular weight is 333 g/mol. The van der Waals surface area contributed by atoms with Crippen molar-refractivity contribution in [2.24, 2.45) is 5.41 Å². The van der Waals surface area contributed by atoms with E-state index in [1.54, 1.807) is 18.0 Å².